The van der Waals surface area contributed by atoms with Gasteiger partial charge in [0, 0.05) is 17.3 Å². The number of oxazole rings is 1. The van der Waals surface area contributed by atoms with Crippen LogP contribution in [0.25, 0.3) is 17.4 Å². The molecule has 0 fully saturated rings. The van der Waals surface area contributed by atoms with E-state index in [9.17, 15) is 5.26 Å². The molecule has 0 aliphatic rings. The van der Waals surface area contributed by atoms with E-state index in [1.54, 1.807) is 18.3 Å². The fourth-order valence-electron chi connectivity index (χ4n) is 2.27. The van der Waals surface area contributed by atoms with Gasteiger partial charge in [-0.05, 0) is 37.3 Å². The SMILES string of the molecule is C/C=C/c1nc(Nc2ccc(-c3cnco3)cc2)cc(N)c1C#N. The van der Waals surface area contributed by atoms with Gasteiger partial charge in [0.15, 0.2) is 12.2 Å². The number of nitrogens with one attached hydrogen (secondary N) is 1. The summed E-state index contributed by atoms with van der Waals surface area (Å²) in [4.78, 5) is 8.34. The van der Waals surface area contributed by atoms with Gasteiger partial charge in [-0.3, -0.25) is 0 Å². The van der Waals surface area contributed by atoms with Crippen molar-refractivity contribution in [1.29, 1.82) is 5.26 Å². The molecule has 6 nitrogen and oxygen atoms in total. The molecule has 1 aromatic carbocycles. The molecular formula is C18H15N5O. The smallest absolute Gasteiger partial charge is 0.181 e. The van der Waals surface area contributed by atoms with Crippen LogP contribution < -0.4 is 11.1 Å². The third-order valence-electron chi connectivity index (χ3n) is 3.39. The fourth-order valence-corrected chi connectivity index (χ4v) is 2.27. The molecule has 2 heterocycles. The van der Waals surface area contributed by atoms with Crippen molar-refractivity contribution in [1.82, 2.24) is 9.97 Å². The van der Waals surface area contributed by atoms with E-state index in [1.165, 1.54) is 6.39 Å². The third-order valence-corrected chi connectivity index (χ3v) is 3.39. The van der Waals surface area contributed by atoms with E-state index in [2.05, 4.69) is 21.4 Å². The number of nitrogen functional groups attached to an aromatic ring is 1. The van der Waals surface area contributed by atoms with E-state index in [0.29, 0.717) is 28.5 Å². The second-order valence-corrected chi connectivity index (χ2v) is 5.04. The summed E-state index contributed by atoms with van der Waals surface area (Å²) in [6, 6.07) is 11.4. The van der Waals surface area contributed by atoms with E-state index in [-0.39, 0.29) is 0 Å². The zero-order valence-electron chi connectivity index (χ0n) is 13.0. The summed E-state index contributed by atoms with van der Waals surface area (Å²) >= 11 is 0. The number of pyridine rings is 1. The van der Waals surface area contributed by atoms with Crippen LogP contribution in [-0.4, -0.2) is 9.97 Å². The van der Waals surface area contributed by atoms with Crippen molar-refractivity contribution in [3.05, 3.63) is 60.3 Å². The summed E-state index contributed by atoms with van der Waals surface area (Å²) in [5.41, 5.74) is 9.04. The molecule has 3 aromatic rings. The first-order chi connectivity index (χ1) is 11.7. The normalized spacial score (nSPS) is 10.7. The average molecular weight is 317 g/mol. The number of aromatic nitrogens is 2. The number of hydrogen-bond donors (Lipinski definition) is 2. The van der Waals surface area contributed by atoms with Crippen LogP contribution in [0.2, 0.25) is 0 Å². The second kappa shape index (κ2) is 6.67. The zero-order valence-corrected chi connectivity index (χ0v) is 13.0. The number of benzene rings is 1. The summed E-state index contributed by atoms with van der Waals surface area (Å²) < 4.78 is 5.26. The lowest BCUT2D eigenvalue weighted by Gasteiger charge is -2.10. The van der Waals surface area contributed by atoms with Gasteiger partial charge < -0.3 is 15.5 Å². The van der Waals surface area contributed by atoms with Gasteiger partial charge in [-0.2, -0.15) is 5.26 Å². The molecule has 0 radical (unpaired) electrons. The molecule has 0 amide bonds. The monoisotopic (exact) mass is 317 g/mol. The summed E-state index contributed by atoms with van der Waals surface area (Å²) in [5.74, 6) is 1.28. The Kier molecular flexibility index (Phi) is 4.25. The molecule has 0 spiro atoms. The van der Waals surface area contributed by atoms with E-state index in [1.807, 2.05) is 37.3 Å². The Hall–Kier alpha value is -3.59. The van der Waals surface area contributed by atoms with Crippen LogP contribution in [0.4, 0.5) is 17.2 Å². The number of nitrogens with two attached hydrogens (primary N) is 1. The molecule has 0 aliphatic heterocycles. The lowest BCUT2D eigenvalue weighted by atomic mass is 10.1. The van der Waals surface area contributed by atoms with Gasteiger partial charge in [-0.25, -0.2) is 9.97 Å². The topological polar surface area (TPSA) is 101 Å². The Morgan fingerprint density at radius 1 is 1.29 bits per heavy atom. The van der Waals surface area contributed by atoms with E-state index >= 15 is 0 Å². The van der Waals surface area contributed by atoms with Crippen molar-refractivity contribution in [2.45, 2.75) is 6.92 Å². The number of rotatable bonds is 4. The standard InChI is InChI=1S/C18H15N5O/c1-2-3-16-14(9-19)15(20)8-18(23-16)22-13-6-4-12(5-7-13)17-10-21-11-24-17/h2-8,10-11H,1H3,(H3,20,22,23)/b3-2+. The molecule has 0 saturated carbocycles. The Morgan fingerprint density at radius 2 is 2.08 bits per heavy atom. The molecule has 0 bridgehead atoms. The molecule has 3 N–H and O–H groups in total. The summed E-state index contributed by atoms with van der Waals surface area (Å²) in [6.07, 6.45) is 6.63. The lowest BCUT2D eigenvalue weighted by molar-refractivity contribution is 0.572. The third kappa shape index (κ3) is 3.10. The second-order valence-electron chi connectivity index (χ2n) is 5.04. The van der Waals surface area contributed by atoms with Crippen LogP contribution >= 0.6 is 0 Å². The Labute approximate surface area is 139 Å². The number of anilines is 3. The van der Waals surface area contributed by atoms with Gasteiger partial charge in [0.05, 0.1) is 17.6 Å². The van der Waals surface area contributed by atoms with E-state index < -0.39 is 0 Å². The Bertz CT molecular complexity index is 906. The molecule has 0 saturated heterocycles. The van der Waals surface area contributed by atoms with E-state index in [4.69, 9.17) is 10.2 Å². The number of nitrogens with zero attached hydrogens (tertiary/aromatic N) is 3. The minimum absolute atomic E-state index is 0.374. The molecule has 2 aromatic heterocycles. The van der Waals surface area contributed by atoms with Gasteiger partial charge in [-0.15, -0.1) is 0 Å². The minimum Gasteiger partial charge on any atom is -0.444 e. The molecule has 0 atom stereocenters. The van der Waals surface area contributed by atoms with Crippen LogP contribution in [-0.2, 0) is 0 Å². The highest BCUT2D eigenvalue weighted by molar-refractivity contribution is 5.71. The minimum atomic E-state index is 0.374. The highest BCUT2D eigenvalue weighted by Crippen LogP contribution is 2.25. The number of hydrogen-bond acceptors (Lipinski definition) is 6. The van der Waals surface area contributed by atoms with Gasteiger partial charge in [-0.1, -0.05) is 6.08 Å². The van der Waals surface area contributed by atoms with Crippen molar-refractivity contribution in [3.63, 3.8) is 0 Å². The van der Waals surface area contributed by atoms with Gasteiger partial charge >= 0.3 is 0 Å². The average Bonchev–Trinajstić information content (AvgIpc) is 3.10. The van der Waals surface area contributed by atoms with Gasteiger partial charge in [0.1, 0.15) is 17.5 Å². The molecule has 24 heavy (non-hydrogen) atoms. The zero-order chi connectivity index (χ0) is 16.9. The van der Waals surface area contributed by atoms with Crippen molar-refractivity contribution in [2.75, 3.05) is 11.1 Å². The quantitative estimate of drug-likeness (QED) is 0.755. The fraction of sp³-hybridized carbons (Fsp3) is 0.0556. The maximum atomic E-state index is 9.19. The largest absolute Gasteiger partial charge is 0.444 e. The maximum Gasteiger partial charge on any atom is 0.181 e. The molecule has 0 aliphatic carbocycles. The predicted molar refractivity (Wildman–Crippen MR) is 93.3 cm³/mol. The predicted octanol–water partition coefficient (Wildman–Crippen LogP) is 3.97. The summed E-state index contributed by atoms with van der Waals surface area (Å²) in [5, 5.41) is 12.4. The maximum absolute atomic E-state index is 9.19. The van der Waals surface area contributed by atoms with Crippen molar-refractivity contribution < 1.29 is 4.42 Å². The van der Waals surface area contributed by atoms with Crippen LogP contribution in [0.3, 0.4) is 0 Å². The first-order valence-corrected chi connectivity index (χ1v) is 7.30. The highest BCUT2D eigenvalue weighted by atomic mass is 16.3. The van der Waals surface area contributed by atoms with Crippen molar-refractivity contribution >= 4 is 23.3 Å². The van der Waals surface area contributed by atoms with Gasteiger partial charge in [0.25, 0.3) is 0 Å². The van der Waals surface area contributed by atoms with Crippen LogP contribution in [0.5, 0.6) is 0 Å². The molecule has 0 unspecified atom stereocenters. The molecule has 118 valence electrons. The molecule has 6 heteroatoms. The molecule has 3 rings (SSSR count). The number of allylic oxidation sites excluding steroid dienone is 1. The van der Waals surface area contributed by atoms with Crippen molar-refractivity contribution in [3.8, 4) is 17.4 Å². The first kappa shape index (κ1) is 15.3. The highest BCUT2D eigenvalue weighted by Gasteiger charge is 2.09. The summed E-state index contributed by atoms with van der Waals surface area (Å²) in [6.45, 7) is 1.86. The lowest BCUT2D eigenvalue weighted by Crippen LogP contribution is -2.01. The Morgan fingerprint density at radius 3 is 2.71 bits per heavy atom. The van der Waals surface area contributed by atoms with Gasteiger partial charge in [0.2, 0.25) is 0 Å². The number of nitriles is 1. The summed E-state index contributed by atoms with van der Waals surface area (Å²) in [7, 11) is 0. The van der Waals surface area contributed by atoms with Crippen LogP contribution in [0.1, 0.15) is 18.2 Å². The Balaban J connectivity index is 1.87. The van der Waals surface area contributed by atoms with Crippen LogP contribution in [0, 0.1) is 11.3 Å². The molecular weight excluding hydrogens is 302 g/mol. The first-order valence-electron chi connectivity index (χ1n) is 7.30. The van der Waals surface area contributed by atoms with Crippen LogP contribution in [0.15, 0.2) is 53.4 Å². The van der Waals surface area contributed by atoms with Crippen molar-refractivity contribution in [2.24, 2.45) is 0 Å². The van der Waals surface area contributed by atoms with E-state index in [0.717, 1.165) is 11.3 Å².